The van der Waals surface area contributed by atoms with Crippen molar-refractivity contribution in [3.63, 3.8) is 0 Å². The normalized spacial score (nSPS) is 31.2. The van der Waals surface area contributed by atoms with Gasteiger partial charge >= 0.3 is 24.7 Å². The minimum absolute atomic E-state index is 0.0434. The number of hydrogen-bond acceptors (Lipinski definition) is 3. The summed E-state index contributed by atoms with van der Waals surface area (Å²) in [6.07, 6.45) is -18.3. The number of rotatable bonds is 0. The molecule has 0 spiro atoms. The van der Waals surface area contributed by atoms with E-state index >= 15 is 13.2 Å². The highest BCUT2D eigenvalue weighted by atomic mass is 19.4. The Bertz CT molecular complexity index is 1740. The Balaban J connectivity index is 1.99. The maximum Gasteiger partial charge on any atom is 0.415 e. The lowest BCUT2D eigenvalue weighted by molar-refractivity contribution is -0.222. The van der Waals surface area contributed by atoms with E-state index in [1.165, 1.54) is 29.6 Å². The summed E-state index contributed by atoms with van der Waals surface area (Å²) in [5.74, 6) is -3.81. The van der Waals surface area contributed by atoms with Crippen LogP contribution in [0.3, 0.4) is 0 Å². The van der Waals surface area contributed by atoms with Gasteiger partial charge in [-0.15, -0.1) is 0 Å². The summed E-state index contributed by atoms with van der Waals surface area (Å²) in [6, 6.07) is 2.79. The minimum Gasteiger partial charge on any atom is -0.355 e. The van der Waals surface area contributed by atoms with Gasteiger partial charge in [0.15, 0.2) is 5.54 Å². The van der Waals surface area contributed by atoms with Crippen LogP contribution >= 0.6 is 0 Å². The van der Waals surface area contributed by atoms with Crippen molar-refractivity contribution in [1.82, 2.24) is 10.3 Å². The summed E-state index contributed by atoms with van der Waals surface area (Å²) in [5.41, 5.74) is -19.2. The number of nitrogens with one attached hydrogen (secondary N) is 2. The molecular formula is C28H22F12N4. The van der Waals surface area contributed by atoms with Gasteiger partial charge in [0, 0.05) is 10.7 Å². The SMILES string of the molecule is CC1=C(C(F)(F)F)C2(C)N=C1C=c1ccc([nH]1)=CC1=NC(=CC3(C(F)(F)F)NC(C)(C(C(F)(F)F)=C3C)C2C(F)(F)F)C=C1. The smallest absolute Gasteiger partial charge is 0.355 e. The van der Waals surface area contributed by atoms with E-state index in [0.717, 1.165) is 19.1 Å². The zero-order valence-corrected chi connectivity index (χ0v) is 23.0. The molecule has 8 bridgehead atoms. The Labute approximate surface area is 241 Å². The minimum atomic E-state index is -5.96. The van der Waals surface area contributed by atoms with Crippen LogP contribution in [0.2, 0.25) is 0 Å². The fourth-order valence-corrected chi connectivity index (χ4v) is 7.02. The molecule has 44 heavy (non-hydrogen) atoms. The molecule has 238 valence electrons. The molecule has 0 aromatic carbocycles. The van der Waals surface area contributed by atoms with Crippen LogP contribution in [-0.2, 0) is 0 Å². The van der Waals surface area contributed by atoms with Crippen LogP contribution < -0.4 is 16.0 Å². The third kappa shape index (κ3) is 4.67. The van der Waals surface area contributed by atoms with Crippen molar-refractivity contribution in [1.29, 1.82) is 0 Å². The lowest BCUT2D eigenvalue weighted by Crippen LogP contribution is -2.68. The third-order valence-corrected chi connectivity index (χ3v) is 8.42. The average molecular weight is 642 g/mol. The first-order valence-corrected chi connectivity index (χ1v) is 12.8. The van der Waals surface area contributed by atoms with E-state index < -0.39 is 80.9 Å². The monoisotopic (exact) mass is 642 g/mol. The zero-order chi connectivity index (χ0) is 33.1. The van der Waals surface area contributed by atoms with E-state index in [4.69, 9.17) is 0 Å². The number of aromatic amines is 1. The lowest BCUT2D eigenvalue weighted by Gasteiger charge is -2.48. The second-order valence-corrected chi connectivity index (χ2v) is 11.3. The summed E-state index contributed by atoms with van der Waals surface area (Å²) >= 11 is 0. The molecule has 4 unspecified atom stereocenters. The Kier molecular flexibility index (Phi) is 6.69. The molecule has 1 aromatic heterocycles. The summed E-state index contributed by atoms with van der Waals surface area (Å²) in [6.45, 7) is 1.69. The fourth-order valence-electron chi connectivity index (χ4n) is 7.02. The van der Waals surface area contributed by atoms with Gasteiger partial charge in [-0.25, -0.2) is 4.99 Å². The number of halogens is 12. The molecule has 0 fully saturated rings. The highest BCUT2D eigenvalue weighted by Gasteiger charge is 2.75. The maximum absolute atomic E-state index is 15.2. The number of alkyl halides is 12. The van der Waals surface area contributed by atoms with E-state index in [0.29, 0.717) is 13.8 Å². The molecule has 4 nitrogen and oxygen atoms in total. The molecule has 0 aliphatic carbocycles. The number of aliphatic imine (C=N–C) groups is 2. The van der Waals surface area contributed by atoms with Crippen molar-refractivity contribution in [2.75, 3.05) is 0 Å². The first kappa shape index (κ1) is 31.9. The number of hydrogen-bond donors (Lipinski definition) is 2. The molecule has 16 heteroatoms. The molecule has 0 amide bonds. The standard InChI is InChI=1S/C28H22F12N4/c1-12-18-10-16-6-5-14(41-16)9-15-7-8-17(42-15)11-24(28(38,39)40)13(2)20(26(32,33)34)23(4,44-24)21(27(35,36)37)22(3,43-18)19(12)25(29,30)31/h5-11,21,41,44H,1-4H3. The number of allylic oxidation sites excluding steroid dienone is 3. The summed E-state index contributed by atoms with van der Waals surface area (Å²) < 4.78 is 178. The van der Waals surface area contributed by atoms with E-state index in [2.05, 4.69) is 15.0 Å². The molecule has 0 radical (unpaired) electrons. The van der Waals surface area contributed by atoms with E-state index in [1.54, 1.807) is 0 Å². The highest BCUT2D eigenvalue weighted by Crippen LogP contribution is 2.61. The van der Waals surface area contributed by atoms with Crippen LogP contribution in [-0.4, -0.2) is 57.7 Å². The average Bonchev–Trinajstić information content (AvgIpc) is 3.52. The van der Waals surface area contributed by atoms with Crippen molar-refractivity contribution in [2.24, 2.45) is 15.9 Å². The molecule has 1 aromatic rings. The molecule has 5 heterocycles. The summed E-state index contributed by atoms with van der Waals surface area (Å²) in [4.78, 5) is 10.5. The summed E-state index contributed by atoms with van der Waals surface area (Å²) in [7, 11) is 0. The Morgan fingerprint density at radius 1 is 0.773 bits per heavy atom. The lowest BCUT2D eigenvalue weighted by atomic mass is 9.66. The number of nitrogens with zero attached hydrogens (tertiary/aromatic N) is 2. The van der Waals surface area contributed by atoms with Crippen LogP contribution in [0.4, 0.5) is 52.7 Å². The second-order valence-electron chi connectivity index (χ2n) is 11.3. The Hall–Kier alpha value is -3.56. The van der Waals surface area contributed by atoms with E-state index in [1.807, 2.05) is 0 Å². The molecule has 4 atom stereocenters. The van der Waals surface area contributed by atoms with Crippen LogP contribution in [0.25, 0.3) is 12.2 Å². The van der Waals surface area contributed by atoms with Gasteiger partial charge in [0.2, 0.25) is 0 Å². The number of fused-ring (bicyclic) bond motifs is 6. The van der Waals surface area contributed by atoms with Crippen molar-refractivity contribution >= 4 is 23.6 Å². The van der Waals surface area contributed by atoms with Crippen molar-refractivity contribution in [3.05, 3.63) is 69.0 Å². The first-order chi connectivity index (χ1) is 19.8. The van der Waals surface area contributed by atoms with Gasteiger partial charge in [0.25, 0.3) is 0 Å². The quantitative estimate of drug-likeness (QED) is 0.254. The molecule has 2 N–H and O–H groups in total. The molecule has 0 saturated heterocycles. The first-order valence-electron chi connectivity index (χ1n) is 12.8. The van der Waals surface area contributed by atoms with Gasteiger partial charge in [-0.3, -0.25) is 10.3 Å². The van der Waals surface area contributed by atoms with Crippen molar-refractivity contribution < 1.29 is 52.7 Å². The molecule has 4 aliphatic heterocycles. The van der Waals surface area contributed by atoms with Gasteiger partial charge in [0.1, 0.15) is 11.5 Å². The van der Waals surface area contributed by atoms with Gasteiger partial charge < -0.3 is 4.98 Å². The second kappa shape index (κ2) is 9.23. The predicted octanol–water partition coefficient (Wildman–Crippen LogP) is 6.30. The third-order valence-electron chi connectivity index (χ3n) is 8.42. The maximum atomic E-state index is 15.2. The van der Waals surface area contributed by atoms with E-state index in [-0.39, 0.29) is 29.4 Å². The Morgan fingerprint density at radius 3 is 1.86 bits per heavy atom. The van der Waals surface area contributed by atoms with Crippen molar-refractivity contribution in [3.8, 4) is 0 Å². The molecule has 0 saturated carbocycles. The number of aromatic nitrogens is 1. The molecular weight excluding hydrogens is 620 g/mol. The van der Waals surface area contributed by atoms with Gasteiger partial charge in [-0.1, -0.05) is 0 Å². The summed E-state index contributed by atoms with van der Waals surface area (Å²) in [5, 5.41) is 1.90. The van der Waals surface area contributed by atoms with E-state index in [9.17, 15) is 39.5 Å². The van der Waals surface area contributed by atoms with Gasteiger partial charge in [0.05, 0.1) is 33.8 Å². The highest BCUT2D eigenvalue weighted by molar-refractivity contribution is 6.22. The molecule has 5 rings (SSSR count). The van der Waals surface area contributed by atoms with Crippen LogP contribution in [0, 0.1) is 5.92 Å². The van der Waals surface area contributed by atoms with Crippen molar-refractivity contribution in [2.45, 2.75) is 69.0 Å². The topological polar surface area (TPSA) is 52.5 Å². The fraction of sp³-hybridized carbons (Fsp3) is 0.429. The Morgan fingerprint density at radius 2 is 1.34 bits per heavy atom. The van der Waals surface area contributed by atoms with Gasteiger partial charge in [-0.2, -0.15) is 52.7 Å². The van der Waals surface area contributed by atoms with Gasteiger partial charge in [-0.05, 0) is 81.4 Å². The van der Waals surface area contributed by atoms with Crippen LogP contribution in [0.1, 0.15) is 27.7 Å². The predicted molar refractivity (Wildman–Crippen MR) is 137 cm³/mol. The largest absolute Gasteiger partial charge is 0.415 e. The zero-order valence-electron chi connectivity index (χ0n) is 23.0. The molecule has 4 aliphatic rings. The van der Waals surface area contributed by atoms with Crippen LogP contribution in [0.15, 0.2) is 68.3 Å². The van der Waals surface area contributed by atoms with Crippen LogP contribution in [0.5, 0.6) is 0 Å². The number of H-pyrrole nitrogens is 1.